The van der Waals surface area contributed by atoms with Gasteiger partial charge in [0.2, 0.25) is 0 Å². The van der Waals surface area contributed by atoms with Crippen molar-refractivity contribution in [1.29, 1.82) is 0 Å². The van der Waals surface area contributed by atoms with Crippen molar-refractivity contribution in [3.63, 3.8) is 0 Å². The molecule has 37 heavy (non-hydrogen) atoms. The molecule has 1 unspecified atom stereocenters. The summed E-state index contributed by atoms with van der Waals surface area (Å²) in [5, 5.41) is 10.9. The number of halogens is 3. The van der Waals surface area contributed by atoms with Gasteiger partial charge in [0.15, 0.2) is 0 Å². The average molecular weight is 518 g/mol. The largest absolute Gasteiger partial charge is 0.573 e. The Morgan fingerprint density at radius 1 is 1.11 bits per heavy atom. The fourth-order valence-electron chi connectivity index (χ4n) is 4.77. The summed E-state index contributed by atoms with van der Waals surface area (Å²) in [5.74, 6) is 0.0158. The van der Waals surface area contributed by atoms with E-state index in [1.165, 1.54) is 30.5 Å². The molecule has 2 aromatic carbocycles. The van der Waals surface area contributed by atoms with Gasteiger partial charge in [0, 0.05) is 43.0 Å². The fraction of sp³-hybridized carbons (Fsp3) is 0.400. The van der Waals surface area contributed by atoms with Gasteiger partial charge in [-0.2, -0.15) is 0 Å². The molecule has 0 saturated carbocycles. The number of fused-ring (bicyclic) bond motifs is 1. The Hall–Kier alpha value is -3.96. The molecule has 0 aliphatic carbocycles. The van der Waals surface area contributed by atoms with E-state index in [4.69, 9.17) is 9.47 Å². The highest BCUT2D eigenvalue weighted by molar-refractivity contribution is 5.48. The lowest BCUT2D eigenvalue weighted by molar-refractivity contribution is -0.389. The van der Waals surface area contributed by atoms with Crippen molar-refractivity contribution in [2.75, 3.05) is 18.0 Å². The molecule has 3 heterocycles. The first-order chi connectivity index (χ1) is 17.6. The van der Waals surface area contributed by atoms with Crippen molar-refractivity contribution in [2.45, 2.75) is 50.8 Å². The van der Waals surface area contributed by atoms with Crippen LogP contribution in [0, 0.1) is 10.1 Å². The van der Waals surface area contributed by atoms with Crippen LogP contribution in [0.1, 0.15) is 25.3 Å². The smallest absolute Gasteiger partial charge is 0.490 e. The fourth-order valence-corrected chi connectivity index (χ4v) is 4.77. The van der Waals surface area contributed by atoms with Gasteiger partial charge in [0.05, 0.1) is 6.54 Å². The topological polar surface area (TPSA) is 91.9 Å². The zero-order valence-corrected chi connectivity index (χ0v) is 20.0. The third kappa shape index (κ3) is 5.89. The molecule has 1 aromatic heterocycles. The Bertz CT molecular complexity index is 1230. The summed E-state index contributed by atoms with van der Waals surface area (Å²) >= 11 is 0. The number of nitro groups is 1. The average Bonchev–Trinajstić information content (AvgIpc) is 3.36. The molecule has 196 valence electrons. The zero-order chi connectivity index (χ0) is 26.2. The number of anilines is 1. The summed E-state index contributed by atoms with van der Waals surface area (Å²) in [5.41, 5.74) is 1.64. The van der Waals surface area contributed by atoms with Gasteiger partial charge in [-0.25, -0.2) is 0 Å². The van der Waals surface area contributed by atoms with Gasteiger partial charge in [-0.15, -0.1) is 13.2 Å². The summed E-state index contributed by atoms with van der Waals surface area (Å²) in [4.78, 5) is 16.6. The number of hydrogen-bond acceptors (Lipinski definition) is 7. The van der Waals surface area contributed by atoms with Crippen LogP contribution in [-0.2, 0) is 13.0 Å². The number of nitrogens with zero attached hydrogens (tertiary/aromatic N) is 4. The van der Waals surface area contributed by atoms with Crippen LogP contribution in [0.15, 0.2) is 54.7 Å². The number of imidazole rings is 1. The Balaban J connectivity index is 1.11. The van der Waals surface area contributed by atoms with E-state index in [1.807, 2.05) is 6.92 Å². The summed E-state index contributed by atoms with van der Waals surface area (Å²) in [6, 6.07) is 14.0. The number of aromatic nitrogens is 2. The van der Waals surface area contributed by atoms with E-state index in [0.29, 0.717) is 18.7 Å². The number of piperidine rings is 1. The molecule has 0 amide bonds. The van der Waals surface area contributed by atoms with E-state index in [9.17, 15) is 23.3 Å². The van der Waals surface area contributed by atoms with Crippen LogP contribution in [0.3, 0.4) is 0 Å². The van der Waals surface area contributed by atoms with Crippen LogP contribution >= 0.6 is 0 Å². The first-order valence-corrected chi connectivity index (χ1v) is 11.8. The Kier molecular flexibility index (Phi) is 6.34. The number of alkyl halides is 3. The van der Waals surface area contributed by atoms with Gasteiger partial charge < -0.3 is 29.2 Å². The summed E-state index contributed by atoms with van der Waals surface area (Å²) < 4.78 is 54.4. The minimum Gasteiger partial charge on any atom is -0.490 e. The van der Waals surface area contributed by atoms with Crippen LogP contribution < -0.4 is 19.1 Å². The monoisotopic (exact) mass is 518 g/mol. The molecule has 2 aliphatic rings. The third-order valence-corrected chi connectivity index (χ3v) is 6.44. The first-order valence-electron chi connectivity index (χ1n) is 11.8. The highest BCUT2D eigenvalue weighted by Gasteiger charge is 2.40. The van der Waals surface area contributed by atoms with E-state index in [1.54, 1.807) is 4.57 Å². The van der Waals surface area contributed by atoms with Gasteiger partial charge >= 0.3 is 18.2 Å². The molecule has 12 heteroatoms. The predicted molar refractivity (Wildman–Crippen MR) is 127 cm³/mol. The van der Waals surface area contributed by atoms with Gasteiger partial charge in [-0.05, 0) is 53.8 Å². The normalized spacial score (nSPS) is 19.8. The van der Waals surface area contributed by atoms with Crippen molar-refractivity contribution in [1.82, 2.24) is 9.55 Å². The molecule has 1 atom stereocenters. The molecular formula is C25H25F3N4O5. The van der Waals surface area contributed by atoms with Crippen LogP contribution in [0.2, 0.25) is 0 Å². The molecule has 1 saturated heterocycles. The summed E-state index contributed by atoms with van der Waals surface area (Å²) in [6.45, 7) is 4.03. The maximum atomic E-state index is 12.3. The molecule has 3 aromatic rings. The summed E-state index contributed by atoms with van der Waals surface area (Å²) in [6.07, 6.45) is -1.14. The number of rotatable bonds is 7. The van der Waals surface area contributed by atoms with Crippen molar-refractivity contribution in [3.8, 4) is 17.5 Å². The van der Waals surface area contributed by atoms with Crippen molar-refractivity contribution in [2.24, 2.45) is 0 Å². The molecule has 9 nitrogen and oxygen atoms in total. The Morgan fingerprint density at radius 2 is 1.76 bits per heavy atom. The van der Waals surface area contributed by atoms with Gasteiger partial charge in [-0.3, -0.25) is 4.57 Å². The molecular weight excluding hydrogens is 493 g/mol. The second-order valence-electron chi connectivity index (χ2n) is 9.49. The van der Waals surface area contributed by atoms with Gasteiger partial charge in [-0.1, -0.05) is 12.1 Å². The molecule has 1 fully saturated rings. The number of benzene rings is 2. The van der Waals surface area contributed by atoms with Gasteiger partial charge in [0.25, 0.3) is 0 Å². The molecule has 0 N–H and O–H groups in total. The van der Waals surface area contributed by atoms with Crippen LogP contribution in [-0.4, -0.2) is 45.6 Å². The lowest BCUT2D eigenvalue weighted by Crippen LogP contribution is -2.38. The number of hydrogen-bond donors (Lipinski definition) is 0. The van der Waals surface area contributed by atoms with Crippen LogP contribution in [0.25, 0.3) is 0 Å². The van der Waals surface area contributed by atoms with Crippen molar-refractivity contribution in [3.05, 3.63) is 70.4 Å². The zero-order valence-electron chi connectivity index (χ0n) is 20.0. The summed E-state index contributed by atoms with van der Waals surface area (Å²) in [7, 11) is 0. The Morgan fingerprint density at radius 3 is 2.35 bits per heavy atom. The third-order valence-electron chi connectivity index (χ3n) is 6.44. The first kappa shape index (κ1) is 24.7. The minimum atomic E-state index is -4.72. The molecule has 0 radical (unpaired) electrons. The molecule has 0 bridgehead atoms. The maximum absolute atomic E-state index is 12.3. The maximum Gasteiger partial charge on any atom is 0.573 e. The predicted octanol–water partition coefficient (Wildman–Crippen LogP) is 5.13. The molecule has 2 aliphatic heterocycles. The minimum absolute atomic E-state index is 0.0217. The second kappa shape index (κ2) is 9.49. The highest BCUT2D eigenvalue weighted by atomic mass is 19.4. The van der Waals surface area contributed by atoms with E-state index in [-0.39, 0.29) is 23.7 Å². The van der Waals surface area contributed by atoms with Crippen LogP contribution in [0.4, 0.5) is 24.7 Å². The lowest BCUT2D eigenvalue weighted by Gasteiger charge is -2.34. The second-order valence-corrected chi connectivity index (χ2v) is 9.49. The van der Waals surface area contributed by atoms with Crippen LogP contribution in [0.5, 0.6) is 17.5 Å². The lowest BCUT2D eigenvalue weighted by atomic mass is 9.96. The van der Waals surface area contributed by atoms with E-state index in [0.717, 1.165) is 37.2 Å². The van der Waals surface area contributed by atoms with E-state index in [2.05, 4.69) is 38.9 Å². The standard InChI is InChI=1S/C25H25F3N4O5/c1-24(16-31-15-22(32(33)34)29-23(31)37-24)14-17-2-4-18(5-3-17)30-12-10-20(11-13-30)35-19-6-8-21(9-7-19)36-25(26,27)28/h2-9,15,20H,10-14,16H2,1H3. The van der Waals surface area contributed by atoms with E-state index >= 15 is 0 Å². The SMILES string of the molecule is CC1(Cc2ccc(N3CCC(Oc4ccc(OC(F)(F)F)cc4)CC3)cc2)Cn2cc([N+](=O)[O-])nc2O1. The molecule has 0 spiro atoms. The Labute approximate surface area is 210 Å². The van der Waals surface area contributed by atoms with E-state index < -0.39 is 16.9 Å². The molecule has 5 rings (SSSR count). The quantitative estimate of drug-likeness (QED) is 0.316. The van der Waals surface area contributed by atoms with Crippen molar-refractivity contribution < 1.29 is 32.3 Å². The number of ether oxygens (including phenoxy) is 3. The van der Waals surface area contributed by atoms with Crippen molar-refractivity contribution >= 4 is 11.5 Å². The van der Waals surface area contributed by atoms with Gasteiger partial charge in [0.1, 0.15) is 29.4 Å². The highest BCUT2D eigenvalue weighted by Crippen LogP contribution is 2.34.